The lowest BCUT2D eigenvalue weighted by Gasteiger charge is -2.16. The molecule has 2 amide bonds. The maximum atomic E-state index is 13.5. The van der Waals surface area contributed by atoms with Crippen LogP contribution in [0.3, 0.4) is 0 Å². The van der Waals surface area contributed by atoms with Crippen LogP contribution in [0.5, 0.6) is 0 Å². The fourth-order valence-electron chi connectivity index (χ4n) is 2.45. The quantitative estimate of drug-likeness (QED) is 0.398. The highest BCUT2D eigenvalue weighted by Gasteiger charge is 2.34. The lowest BCUT2D eigenvalue weighted by Crippen LogP contribution is -2.18. The minimum Gasteiger partial charge on any atom is -0.459 e. The Kier molecular flexibility index (Phi) is 5.79. The summed E-state index contributed by atoms with van der Waals surface area (Å²) in [6.07, 6.45) is -3.69. The van der Waals surface area contributed by atoms with E-state index >= 15 is 0 Å². The topological polar surface area (TPSA) is 71.3 Å². The molecule has 0 aliphatic carbocycles. The van der Waals surface area contributed by atoms with Crippen molar-refractivity contribution in [1.29, 1.82) is 0 Å². The summed E-state index contributed by atoms with van der Waals surface area (Å²) in [5.74, 6) is -4.79. The van der Waals surface area contributed by atoms with Crippen LogP contribution in [0.15, 0.2) is 53.1 Å². The third kappa shape index (κ3) is 4.60. The van der Waals surface area contributed by atoms with E-state index in [9.17, 15) is 31.5 Å². The number of alkyl halides is 3. The van der Waals surface area contributed by atoms with Gasteiger partial charge in [0.2, 0.25) is 0 Å². The van der Waals surface area contributed by atoms with Crippen LogP contribution in [0.4, 0.5) is 33.3 Å². The van der Waals surface area contributed by atoms with Gasteiger partial charge in [-0.25, -0.2) is 8.78 Å². The molecule has 0 saturated carbocycles. The minimum absolute atomic E-state index is 0.117. The van der Waals surface area contributed by atoms with E-state index in [2.05, 4.69) is 5.32 Å². The maximum absolute atomic E-state index is 13.5. The number of benzene rings is 2. The van der Waals surface area contributed by atoms with Gasteiger partial charge >= 0.3 is 6.18 Å². The molecular weight excluding hydrogens is 435 g/mol. The summed E-state index contributed by atoms with van der Waals surface area (Å²) >= 11 is 5.68. The van der Waals surface area contributed by atoms with E-state index in [0.29, 0.717) is 18.2 Å². The van der Waals surface area contributed by atoms with Crippen LogP contribution in [-0.2, 0) is 6.18 Å². The monoisotopic (exact) mass is 444 g/mol. The van der Waals surface area contributed by atoms with Crippen molar-refractivity contribution in [3.05, 3.63) is 82.3 Å². The van der Waals surface area contributed by atoms with E-state index in [1.807, 2.05) is 5.32 Å². The second-order valence-corrected chi connectivity index (χ2v) is 6.30. The van der Waals surface area contributed by atoms with Gasteiger partial charge in [0.25, 0.3) is 11.8 Å². The molecule has 11 heteroatoms. The Morgan fingerprint density at radius 2 is 1.63 bits per heavy atom. The molecule has 0 aliphatic rings. The molecule has 0 saturated heterocycles. The molecule has 0 radical (unpaired) electrons. The van der Waals surface area contributed by atoms with Crippen molar-refractivity contribution in [2.75, 3.05) is 10.6 Å². The molecule has 3 aromatic rings. The second kappa shape index (κ2) is 8.15. The maximum Gasteiger partial charge on any atom is 0.418 e. The van der Waals surface area contributed by atoms with E-state index in [-0.39, 0.29) is 11.4 Å². The van der Waals surface area contributed by atoms with Crippen LogP contribution >= 0.6 is 11.6 Å². The normalized spacial score (nSPS) is 11.3. The highest BCUT2D eigenvalue weighted by Crippen LogP contribution is 2.37. The predicted molar refractivity (Wildman–Crippen MR) is 97.4 cm³/mol. The number of carbonyl (C=O) groups excluding carboxylic acids is 2. The van der Waals surface area contributed by atoms with Crippen molar-refractivity contribution in [2.45, 2.75) is 6.18 Å². The first-order valence-corrected chi connectivity index (χ1v) is 8.46. The van der Waals surface area contributed by atoms with Crippen molar-refractivity contribution < 1.29 is 36.0 Å². The lowest BCUT2D eigenvalue weighted by atomic mass is 10.1. The van der Waals surface area contributed by atoms with Crippen molar-refractivity contribution in [1.82, 2.24) is 0 Å². The predicted octanol–water partition coefficient (Wildman–Crippen LogP) is 5.73. The van der Waals surface area contributed by atoms with Crippen LogP contribution in [0.25, 0.3) is 0 Å². The molecule has 156 valence electrons. The first kappa shape index (κ1) is 21.3. The van der Waals surface area contributed by atoms with Gasteiger partial charge in [0, 0.05) is 5.69 Å². The van der Waals surface area contributed by atoms with E-state index in [1.54, 1.807) is 0 Å². The number of rotatable bonds is 4. The number of amides is 2. The molecule has 0 unspecified atom stereocenters. The molecule has 0 fully saturated rings. The highest BCUT2D eigenvalue weighted by molar-refractivity contribution is 6.34. The Morgan fingerprint density at radius 1 is 0.933 bits per heavy atom. The largest absolute Gasteiger partial charge is 0.459 e. The number of halogens is 6. The summed E-state index contributed by atoms with van der Waals surface area (Å²) in [4.78, 5) is 24.2. The molecule has 0 atom stereocenters. The zero-order valence-corrected chi connectivity index (χ0v) is 15.4. The van der Waals surface area contributed by atoms with E-state index in [1.165, 1.54) is 18.4 Å². The molecule has 30 heavy (non-hydrogen) atoms. The number of hydrogen-bond donors (Lipinski definition) is 2. The smallest absolute Gasteiger partial charge is 0.418 e. The third-order valence-corrected chi connectivity index (χ3v) is 4.14. The summed E-state index contributed by atoms with van der Waals surface area (Å²) < 4.78 is 71.8. The average Bonchev–Trinajstić information content (AvgIpc) is 3.20. The summed E-state index contributed by atoms with van der Waals surface area (Å²) in [5.41, 5.74) is -2.73. The second-order valence-electron chi connectivity index (χ2n) is 5.89. The van der Waals surface area contributed by atoms with Crippen LogP contribution in [0, 0.1) is 11.6 Å². The Balaban J connectivity index is 1.90. The van der Waals surface area contributed by atoms with E-state index in [0.717, 1.165) is 12.1 Å². The molecule has 2 N–H and O–H groups in total. The van der Waals surface area contributed by atoms with E-state index in [4.69, 9.17) is 16.0 Å². The molecule has 1 aromatic heterocycles. The van der Waals surface area contributed by atoms with Gasteiger partial charge in [-0.15, -0.1) is 0 Å². The lowest BCUT2D eigenvalue weighted by molar-refractivity contribution is -0.136. The van der Waals surface area contributed by atoms with Crippen molar-refractivity contribution in [3.63, 3.8) is 0 Å². The zero-order chi connectivity index (χ0) is 22.1. The molecule has 5 nitrogen and oxygen atoms in total. The molecule has 0 bridgehead atoms. The standard InChI is InChI=1S/C19H10ClF5N2O3/c20-12-8-14(22)13(21)7-10(12)17(28)27-15-4-3-9(6-11(15)19(23,24)25)26-18(29)16-2-1-5-30-16/h1-8H,(H,26,29)(H,27,28). The SMILES string of the molecule is O=C(Nc1ccc(NC(=O)c2cc(F)c(F)cc2Cl)c(C(F)(F)F)c1)c1ccco1. The van der Waals surface area contributed by atoms with Gasteiger partial charge in [-0.05, 0) is 42.5 Å². The Morgan fingerprint density at radius 3 is 2.27 bits per heavy atom. The summed E-state index contributed by atoms with van der Waals surface area (Å²) in [6.45, 7) is 0. The van der Waals surface area contributed by atoms with Gasteiger partial charge in [-0.2, -0.15) is 13.2 Å². The third-order valence-electron chi connectivity index (χ3n) is 3.83. The number of hydrogen-bond acceptors (Lipinski definition) is 3. The van der Waals surface area contributed by atoms with Crippen LogP contribution < -0.4 is 10.6 Å². The van der Waals surface area contributed by atoms with Crippen LogP contribution in [-0.4, -0.2) is 11.8 Å². The number of anilines is 2. The van der Waals surface area contributed by atoms with Crippen LogP contribution in [0.2, 0.25) is 5.02 Å². The highest BCUT2D eigenvalue weighted by atomic mass is 35.5. The average molecular weight is 445 g/mol. The minimum atomic E-state index is -4.91. The van der Waals surface area contributed by atoms with Gasteiger partial charge in [0.1, 0.15) is 0 Å². The Bertz CT molecular complexity index is 1110. The van der Waals surface area contributed by atoms with Crippen LogP contribution in [0.1, 0.15) is 26.5 Å². The first-order valence-electron chi connectivity index (χ1n) is 8.08. The Hall–Kier alpha value is -3.40. The van der Waals surface area contributed by atoms with Crippen molar-refractivity contribution in [2.24, 2.45) is 0 Å². The van der Waals surface area contributed by atoms with Gasteiger partial charge in [-0.1, -0.05) is 11.6 Å². The molecule has 0 aliphatic heterocycles. The fourth-order valence-corrected chi connectivity index (χ4v) is 2.69. The molecule has 2 aromatic carbocycles. The molecule has 1 heterocycles. The van der Waals surface area contributed by atoms with E-state index < -0.39 is 51.5 Å². The van der Waals surface area contributed by atoms with Gasteiger partial charge in [-0.3, -0.25) is 9.59 Å². The fraction of sp³-hybridized carbons (Fsp3) is 0.0526. The van der Waals surface area contributed by atoms with Gasteiger partial charge in [0.15, 0.2) is 17.4 Å². The summed E-state index contributed by atoms with van der Waals surface area (Å²) in [6, 6.07) is 6.36. The van der Waals surface area contributed by atoms with Gasteiger partial charge in [0.05, 0.1) is 28.1 Å². The number of furan rings is 1. The zero-order valence-electron chi connectivity index (χ0n) is 14.6. The number of carbonyl (C=O) groups is 2. The molecule has 0 spiro atoms. The Labute approximate surface area is 170 Å². The van der Waals surface area contributed by atoms with Crippen molar-refractivity contribution >= 4 is 34.8 Å². The summed E-state index contributed by atoms with van der Waals surface area (Å²) in [7, 11) is 0. The van der Waals surface area contributed by atoms with Gasteiger partial charge < -0.3 is 15.1 Å². The first-order chi connectivity index (χ1) is 14.1. The number of nitrogens with one attached hydrogen (secondary N) is 2. The van der Waals surface area contributed by atoms with Crippen molar-refractivity contribution in [3.8, 4) is 0 Å². The summed E-state index contributed by atoms with van der Waals surface area (Å²) in [5, 5.41) is 3.72. The molecular formula is C19H10ClF5N2O3. The molecule has 3 rings (SSSR count).